The lowest BCUT2D eigenvalue weighted by Crippen LogP contribution is -2.58. The van der Waals surface area contributed by atoms with Crippen LogP contribution in [0, 0.1) is 11.8 Å². The smallest absolute Gasteiger partial charge is 0.224 e. The predicted octanol–water partition coefficient (Wildman–Crippen LogP) is 1.53. The minimum Gasteiger partial charge on any atom is -0.355 e. The second kappa shape index (κ2) is 10.3. The first-order valence-electron chi connectivity index (χ1n) is 10.9. The topological polar surface area (TPSA) is 92.2 Å². The summed E-state index contributed by atoms with van der Waals surface area (Å²) in [5.41, 5.74) is 0.987. The fourth-order valence-electron chi connectivity index (χ4n) is 4.56. The number of hydrogen-bond acceptors (Lipinski definition) is 6. The van der Waals surface area contributed by atoms with Crippen LogP contribution in [0.3, 0.4) is 0 Å². The minimum absolute atomic E-state index is 0.0379. The molecule has 2 bridgehead atoms. The Kier molecular flexibility index (Phi) is 7.24. The van der Waals surface area contributed by atoms with E-state index in [-0.39, 0.29) is 17.7 Å². The molecule has 3 aliphatic rings. The molecule has 9 heteroatoms. The highest BCUT2D eigenvalue weighted by atomic mass is 32.2. The fourth-order valence-corrected chi connectivity index (χ4v) is 5.36. The Morgan fingerprint density at radius 1 is 1.19 bits per heavy atom. The second-order valence-corrected chi connectivity index (χ2v) is 9.40. The number of nitrogens with one attached hydrogen (secondary N) is 2. The van der Waals surface area contributed by atoms with Gasteiger partial charge < -0.3 is 10.6 Å². The summed E-state index contributed by atoms with van der Waals surface area (Å²) in [6.45, 7) is 5.09. The van der Waals surface area contributed by atoms with E-state index < -0.39 is 0 Å². The van der Waals surface area contributed by atoms with Gasteiger partial charge in [-0.1, -0.05) is 23.4 Å². The van der Waals surface area contributed by atoms with Crippen LogP contribution in [-0.4, -0.2) is 63.9 Å². The molecule has 0 radical (unpaired) electrons. The van der Waals surface area contributed by atoms with E-state index in [1.54, 1.807) is 11.8 Å². The Bertz CT molecular complexity index is 889. The zero-order chi connectivity index (χ0) is 21.6. The Morgan fingerprint density at radius 3 is 2.74 bits per heavy atom. The lowest BCUT2D eigenvalue weighted by Gasteiger charge is -2.49. The number of benzene rings is 1. The zero-order valence-corrected chi connectivity index (χ0v) is 18.7. The van der Waals surface area contributed by atoms with Crippen LogP contribution in [0.1, 0.15) is 25.5 Å². The van der Waals surface area contributed by atoms with Crippen molar-refractivity contribution in [3.8, 4) is 0 Å². The summed E-state index contributed by atoms with van der Waals surface area (Å²) in [4.78, 5) is 27.2. The molecule has 2 amide bonds. The fraction of sp³-hybridized carbons (Fsp3) is 0.545. The van der Waals surface area contributed by atoms with E-state index in [1.165, 1.54) is 11.8 Å². The molecule has 3 fully saturated rings. The van der Waals surface area contributed by atoms with Crippen LogP contribution in [0.2, 0.25) is 0 Å². The maximum absolute atomic E-state index is 12.6. The van der Waals surface area contributed by atoms with Gasteiger partial charge in [-0.3, -0.25) is 19.2 Å². The highest BCUT2D eigenvalue weighted by Gasteiger charge is 2.43. The summed E-state index contributed by atoms with van der Waals surface area (Å²) in [5, 5.41) is 14.4. The summed E-state index contributed by atoms with van der Waals surface area (Å²) in [5.74, 6) is 1.29. The molecule has 1 aromatic heterocycles. The number of nitrogens with zero attached hydrogens (tertiary/aromatic N) is 4. The number of aromatic nitrogens is 3. The van der Waals surface area contributed by atoms with Gasteiger partial charge in [-0.2, -0.15) is 0 Å². The van der Waals surface area contributed by atoms with Crippen LogP contribution in [0.25, 0.3) is 0 Å². The first-order chi connectivity index (χ1) is 15.1. The lowest BCUT2D eigenvalue weighted by atomic mass is 9.75. The maximum Gasteiger partial charge on any atom is 0.224 e. The molecule has 0 saturated carbocycles. The number of amides is 2. The molecule has 4 heterocycles. The van der Waals surface area contributed by atoms with Gasteiger partial charge in [-0.05, 0) is 37.4 Å². The number of thioether (sulfide) groups is 1. The van der Waals surface area contributed by atoms with Crippen LogP contribution < -0.4 is 10.6 Å². The monoisotopic (exact) mass is 442 g/mol. The molecule has 5 rings (SSSR count). The Hall–Kier alpha value is -2.39. The summed E-state index contributed by atoms with van der Waals surface area (Å²) in [6, 6.07) is 10.7. The van der Waals surface area contributed by atoms with E-state index in [2.05, 4.69) is 38.0 Å². The van der Waals surface area contributed by atoms with Gasteiger partial charge in [0.15, 0.2) is 0 Å². The molecule has 4 atom stereocenters. The number of carbonyl (C=O) groups excluding carboxylic acids is 2. The number of carbonyl (C=O) groups is 2. The maximum atomic E-state index is 12.6. The van der Waals surface area contributed by atoms with E-state index in [0.29, 0.717) is 25.0 Å². The van der Waals surface area contributed by atoms with Crippen molar-refractivity contribution in [2.45, 2.75) is 43.0 Å². The Balaban J connectivity index is 1.25. The van der Waals surface area contributed by atoms with Gasteiger partial charge in [0, 0.05) is 49.4 Å². The summed E-state index contributed by atoms with van der Waals surface area (Å²) < 4.78 is 1.95. The molecule has 0 spiro atoms. The third kappa shape index (κ3) is 5.86. The van der Waals surface area contributed by atoms with Crippen molar-refractivity contribution in [1.29, 1.82) is 0 Å². The highest BCUT2D eigenvalue weighted by Crippen LogP contribution is 2.37. The normalized spacial score (nSPS) is 24.7. The zero-order valence-electron chi connectivity index (χ0n) is 17.9. The van der Waals surface area contributed by atoms with Gasteiger partial charge in [0.1, 0.15) is 0 Å². The van der Waals surface area contributed by atoms with Crippen LogP contribution in [-0.2, 0) is 21.9 Å². The van der Waals surface area contributed by atoms with Gasteiger partial charge >= 0.3 is 0 Å². The summed E-state index contributed by atoms with van der Waals surface area (Å²) in [6.07, 6.45) is 4.12. The minimum atomic E-state index is -0.0742. The van der Waals surface area contributed by atoms with Crippen molar-refractivity contribution in [1.82, 2.24) is 30.5 Å². The molecule has 2 aromatic rings. The molecule has 166 valence electrons. The molecule has 31 heavy (non-hydrogen) atoms. The lowest BCUT2D eigenvalue weighted by molar-refractivity contribution is -0.133. The molecule has 3 aliphatic heterocycles. The van der Waals surface area contributed by atoms with Crippen molar-refractivity contribution in [2.24, 2.45) is 11.8 Å². The van der Waals surface area contributed by atoms with Crippen LogP contribution in [0.4, 0.5) is 0 Å². The molecular formula is C22H30N6O2S. The molecule has 3 saturated heterocycles. The van der Waals surface area contributed by atoms with Gasteiger partial charge in [0.05, 0.1) is 18.2 Å². The van der Waals surface area contributed by atoms with Gasteiger partial charge in [0.2, 0.25) is 11.8 Å². The second-order valence-electron chi connectivity index (χ2n) is 8.35. The van der Waals surface area contributed by atoms with E-state index in [0.717, 1.165) is 43.9 Å². The summed E-state index contributed by atoms with van der Waals surface area (Å²) >= 11 is 1.76. The van der Waals surface area contributed by atoms with E-state index in [1.807, 2.05) is 29.1 Å². The van der Waals surface area contributed by atoms with Crippen molar-refractivity contribution in [2.75, 3.05) is 26.2 Å². The number of hydrogen-bond donors (Lipinski definition) is 2. The van der Waals surface area contributed by atoms with Crippen molar-refractivity contribution in [3.05, 3.63) is 42.2 Å². The summed E-state index contributed by atoms with van der Waals surface area (Å²) in [7, 11) is 0. The first-order valence-corrected chi connectivity index (χ1v) is 11.9. The van der Waals surface area contributed by atoms with E-state index >= 15 is 0 Å². The van der Waals surface area contributed by atoms with Gasteiger partial charge in [0.25, 0.3) is 0 Å². The SMILES string of the molecule is CC(=O)NCCNC(=O)C1CN2CCC1CC2Cn1cc(CSc2ccccc2)nn1. The van der Waals surface area contributed by atoms with Crippen molar-refractivity contribution >= 4 is 23.6 Å². The molecule has 8 nitrogen and oxygen atoms in total. The first kappa shape index (κ1) is 21.8. The molecule has 2 N–H and O–H groups in total. The third-order valence-corrected chi connectivity index (χ3v) is 7.17. The number of fused-ring (bicyclic) bond motifs is 3. The van der Waals surface area contributed by atoms with Gasteiger partial charge in [-0.25, -0.2) is 0 Å². The highest BCUT2D eigenvalue weighted by molar-refractivity contribution is 7.98. The Labute approximate surface area is 187 Å². The largest absolute Gasteiger partial charge is 0.355 e. The average molecular weight is 443 g/mol. The number of rotatable bonds is 9. The van der Waals surface area contributed by atoms with Crippen molar-refractivity contribution < 1.29 is 9.59 Å². The standard InChI is InChI=1S/C22H30N6O2S/c1-16(29)23-8-9-24-22(30)21-14-27-10-7-17(21)11-19(27)13-28-12-18(25-26-28)15-31-20-5-3-2-4-6-20/h2-6,12,17,19,21H,7-11,13-15H2,1H3,(H,23,29)(H,24,30). The predicted molar refractivity (Wildman–Crippen MR) is 119 cm³/mol. The quantitative estimate of drug-likeness (QED) is 0.452. The van der Waals surface area contributed by atoms with Gasteiger partial charge in [-0.15, -0.1) is 16.9 Å². The molecule has 0 aliphatic carbocycles. The molecule has 4 unspecified atom stereocenters. The van der Waals surface area contributed by atoms with Crippen LogP contribution >= 0.6 is 11.8 Å². The van der Waals surface area contributed by atoms with E-state index in [9.17, 15) is 9.59 Å². The third-order valence-electron chi connectivity index (χ3n) is 6.13. The average Bonchev–Trinajstić information content (AvgIpc) is 3.23. The Morgan fingerprint density at radius 2 is 2.00 bits per heavy atom. The van der Waals surface area contributed by atoms with Crippen LogP contribution in [0.5, 0.6) is 0 Å². The number of piperidine rings is 3. The van der Waals surface area contributed by atoms with Crippen molar-refractivity contribution in [3.63, 3.8) is 0 Å². The molecular weight excluding hydrogens is 412 g/mol. The van der Waals surface area contributed by atoms with Crippen LogP contribution in [0.15, 0.2) is 41.4 Å². The van der Waals surface area contributed by atoms with E-state index in [4.69, 9.17) is 0 Å². The molecule has 1 aromatic carbocycles.